The molecule has 0 aromatic heterocycles. The highest BCUT2D eigenvalue weighted by molar-refractivity contribution is 6.04. The van der Waals surface area contributed by atoms with Gasteiger partial charge in [0.2, 0.25) is 11.8 Å². The quantitative estimate of drug-likeness (QED) is 0.398. The molecular weight excluding hydrogens is 514 g/mol. The van der Waals surface area contributed by atoms with Gasteiger partial charge in [-0.05, 0) is 79.1 Å². The molecule has 0 heterocycles. The van der Waals surface area contributed by atoms with E-state index in [1.807, 2.05) is 26.0 Å². The molecular formula is C34H49N3O4. The van der Waals surface area contributed by atoms with Crippen LogP contribution in [0.5, 0.6) is 0 Å². The number of ketones is 2. The number of nitriles is 1. The van der Waals surface area contributed by atoms with Crippen LogP contribution in [0.3, 0.4) is 0 Å². The standard InChI is InChI=1S/C34H49N3O4/c1-21-17-29(3,4)12-14-34(21,28(41)37-36-22(2)38)15-13-31(7)19-24(39)16-26-32(8)18-23(20-35)27(40)30(5,6)25(32)10-11-33(26,31)9/h16,18,21,25H,10-15,17,19H2,1-9H3,(H,36,38)(H,37,41)/t21?,25-,31+,32-,33+,34-/m0/s1. The lowest BCUT2D eigenvalue weighted by Gasteiger charge is -2.63. The first kappa shape index (κ1) is 31.2. The molecule has 0 saturated heterocycles. The number of amides is 2. The Bertz CT molecular complexity index is 1280. The van der Waals surface area contributed by atoms with Gasteiger partial charge in [0.05, 0.1) is 11.0 Å². The van der Waals surface area contributed by atoms with Gasteiger partial charge < -0.3 is 0 Å². The van der Waals surface area contributed by atoms with Gasteiger partial charge in [-0.15, -0.1) is 0 Å². The van der Waals surface area contributed by atoms with Crippen molar-refractivity contribution in [3.05, 3.63) is 23.3 Å². The Hall–Kier alpha value is -2.75. The maximum Gasteiger partial charge on any atom is 0.244 e. The molecule has 1 unspecified atom stereocenters. The second-order valence-electron chi connectivity index (χ2n) is 15.7. The molecule has 0 spiro atoms. The van der Waals surface area contributed by atoms with Crippen molar-refractivity contribution < 1.29 is 19.2 Å². The van der Waals surface area contributed by atoms with Gasteiger partial charge in [-0.2, -0.15) is 5.26 Å². The van der Waals surface area contributed by atoms with E-state index >= 15 is 0 Å². The predicted octanol–water partition coefficient (Wildman–Crippen LogP) is 6.15. The lowest BCUT2D eigenvalue weighted by atomic mass is 9.40. The third-order valence-corrected chi connectivity index (χ3v) is 12.3. The highest BCUT2D eigenvalue weighted by Gasteiger charge is 2.63. The van der Waals surface area contributed by atoms with Crippen molar-refractivity contribution in [1.29, 1.82) is 5.26 Å². The molecule has 2 fully saturated rings. The predicted molar refractivity (Wildman–Crippen MR) is 158 cm³/mol. The Morgan fingerprint density at radius 1 is 1.00 bits per heavy atom. The van der Waals surface area contributed by atoms with E-state index < -0.39 is 21.7 Å². The van der Waals surface area contributed by atoms with E-state index in [-0.39, 0.29) is 51.6 Å². The molecule has 0 aromatic carbocycles. The lowest BCUT2D eigenvalue weighted by molar-refractivity contribution is -0.144. The highest BCUT2D eigenvalue weighted by Crippen LogP contribution is 2.69. The van der Waals surface area contributed by atoms with Crippen LogP contribution in [-0.2, 0) is 19.2 Å². The first-order valence-corrected chi connectivity index (χ1v) is 15.3. The molecule has 2 amide bonds. The summed E-state index contributed by atoms with van der Waals surface area (Å²) in [5.74, 6) is -0.411. The van der Waals surface area contributed by atoms with Crippen LogP contribution in [0.25, 0.3) is 0 Å². The van der Waals surface area contributed by atoms with E-state index in [0.29, 0.717) is 19.3 Å². The van der Waals surface area contributed by atoms with Gasteiger partial charge in [0.15, 0.2) is 11.6 Å². The zero-order valence-corrected chi connectivity index (χ0v) is 26.5. The van der Waals surface area contributed by atoms with Crippen LogP contribution in [0.4, 0.5) is 0 Å². The molecule has 4 aliphatic carbocycles. The topological polar surface area (TPSA) is 116 Å². The van der Waals surface area contributed by atoms with Crippen molar-refractivity contribution in [3.63, 3.8) is 0 Å². The molecule has 4 aliphatic rings. The van der Waals surface area contributed by atoms with Gasteiger partial charge in [-0.25, -0.2) is 0 Å². The fourth-order valence-corrected chi connectivity index (χ4v) is 9.51. The third kappa shape index (κ3) is 4.79. The molecule has 41 heavy (non-hydrogen) atoms. The molecule has 0 radical (unpaired) electrons. The Kier molecular flexibility index (Phi) is 7.55. The van der Waals surface area contributed by atoms with E-state index in [1.165, 1.54) is 6.92 Å². The van der Waals surface area contributed by atoms with Crippen LogP contribution >= 0.6 is 0 Å². The minimum absolute atomic E-state index is 0.00977. The van der Waals surface area contributed by atoms with Crippen molar-refractivity contribution in [2.75, 3.05) is 0 Å². The third-order valence-electron chi connectivity index (χ3n) is 12.3. The Morgan fingerprint density at radius 3 is 2.24 bits per heavy atom. The average Bonchev–Trinajstić information content (AvgIpc) is 2.86. The second kappa shape index (κ2) is 9.92. The minimum Gasteiger partial charge on any atom is -0.295 e. The Labute approximate surface area is 245 Å². The maximum absolute atomic E-state index is 13.8. The van der Waals surface area contributed by atoms with Crippen molar-refractivity contribution in [3.8, 4) is 6.07 Å². The lowest BCUT2D eigenvalue weighted by Crippen LogP contribution is -2.58. The number of rotatable bonds is 4. The highest BCUT2D eigenvalue weighted by atomic mass is 16.2. The second-order valence-corrected chi connectivity index (χ2v) is 15.7. The number of hydrogen-bond donors (Lipinski definition) is 2. The number of allylic oxidation sites excluding steroid dienone is 4. The summed E-state index contributed by atoms with van der Waals surface area (Å²) in [6.07, 6.45) is 9.56. The van der Waals surface area contributed by atoms with Crippen LogP contribution in [0, 0.1) is 55.7 Å². The van der Waals surface area contributed by atoms with Gasteiger partial charge in [0.25, 0.3) is 0 Å². The molecule has 224 valence electrons. The zero-order chi connectivity index (χ0) is 30.8. The number of nitrogens with zero attached hydrogens (tertiary/aromatic N) is 1. The van der Waals surface area contributed by atoms with Crippen molar-refractivity contribution in [2.24, 2.45) is 44.3 Å². The van der Waals surface area contributed by atoms with Gasteiger partial charge in [0.1, 0.15) is 6.07 Å². The van der Waals surface area contributed by atoms with E-state index in [9.17, 15) is 24.4 Å². The summed E-state index contributed by atoms with van der Waals surface area (Å²) >= 11 is 0. The Balaban J connectivity index is 1.73. The van der Waals surface area contributed by atoms with Gasteiger partial charge in [0, 0.05) is 24.2 Å². The van der Waals surface area contributed by atoms with Gasteiger partial charge >= 0.3 is 0 Å². The molecule has 2 saturated carbocycles. The summed E-state index contributed by atoms with van der Waals surface area (Å²) in [7, 11) is 0. The maximum atomic E-state index is 13.8. The van der Waals surface area contributed by atoms with E-state index in [1.54, 1.807) is 0 Å². The molecule has 6 atom stereocenters. The molecule has 4 rings (SSSR count). The molecule has 0 aliphatic heterocycles. The molecule has 2 N–H and O–H groups in total. The number of hydrogen-bond acceptors (Lipinski definition) is 5. The number of fused-ring (bicyclic) bond motifs is 3. The van der Waals surface area contributed by atoms with Crippen LogP contribution in [0.2, 0.25) is 0 Å². The number of carbonyl (C=O) groups is 4. The van der Waals surface area contributed by atoms with E-state index in [0.717, 1.165) is 37.7 Å². The largest absolute Gasteiger partial charge is 0.295 e. The van der Waals surface area contributed by atoms with E-state index in [2.05, 4.69) is 58.5 Å². The first-order valence-electron chi connectivity index (χ1n) is 15.3. The molecule has 7 heteroatoms. The molecule has 7 nitrogen and oxygen atoms in total. The van der Waals surface area contributed by atoms with Crippen LogP contribution in [0.1, 0.15) is 114 Å². The summed E-state index contributed by atoms with van der Waals surface area (Å²) < 4.78 is 0. The summed E-state index contributed by atoms with van der Waals surface area (Å²) in [6.45, 7) is 18.5. The van der Waals surface area contributed by atoms with Crippen molar-refractivity contribution in [2.45, 2.75) is 114 Å². The number of nitrogens with one attached hydrogen (secondary N) is 2. The smallest absolute Gasteiger partial charge is 0.244 e. The normalized spacial score (nSPS) is 39.3. The van der Waals surface area contributed by atoms with Crippen LogP contribution in [-0.4, -0.2) is 23.4 Å². The summed E-state index contributed by atoms with van der Waals surface area (Å²) in [6, 6.07) is 2.15. The number of Topliss-reactive ketones (excluding diaryl/α,β-unsaturated/α-hetero) is 1. The molecule has 0 bridgehead atoms. The summed E-state index contributed by atoms with van der Waals surface area (Å²) in [5, 5.41) is 9.87. The number of hydrazine groups is 1. The fraction of sp³-hybridized carbons (Fsp3) is 0.735. The summed E-state index contributed by atoms with van der Waals surface area (Å²) in [5.41, 5.74) is 3.86. The molecule has 0 aromatic rings. The van der Waals surface area contributed by atoms with Gasteiger partial charge in [-0.3, -0.25) is 30.0 Å². The average molecular weight is 564 g/mol. The Morgan fingerprint density at radius 2 is 1.66 bits per heavy atom. The fourth-order valence-electron chi connectivity index (χ4n) is 9.51. The first-order chi connectivity index (χ1) is 18.8. The monoisotopic (exact) mass is 563 g/mol. The van der Waals surface area contributed by atoms with Crippen LogP contribution in [0.15, 0.2) is 23.3 Å². The SMILES string of the molecule is CC(=O)NNC(=O)[C@]1(CC[C@]2(C)CC(=O)C=C3[C@@]4(C)C=C(C#N)C(=O)C(C)(C)[C@@H]4CC[C@]32C)CCC(C)(C)CC1C. The van der Waals surface area contributed by atoms with Crippen molar-refractivity contribution >= 4 is 23.4 Å². The summed E-state index contributed by atoms with van der Waals surface area (Å²) in [4.78, 5) is 52.2. The van der Waals surface area contributed by atoms with Gasteiger partial charge in [-0.1, -0.05) is 67.0 Å². The van der Waals surface area contributed by atoms with E-state index in [4.69, 9.17) is 0 Å². The minimum atomic E-state index is -0.705. The van der Waals surface area contributed by atoms with Crippen molar-refractivity contribution in [1.82, 2.24) is 10.9 Å². The number of carbonyl (C=O) groups excluding carboxylic acids is 4. The zero-order valence-electron chi connectivity index (χ0n) is 26.5. The van der Waals surface area contributed by atoms with Crippen LogP contribution < -0.4 is 10.9 Å².